The van der Waals surface area contributed by atoms with Gasteiger partial charge in [-0.1, -0.05) is 0 Å². The minimum absolute atomic E-state index is 0.103. The Morgan fingerprint density at radius 3 is 3.13 bits per heavy atom. The molecule has 0 aromatic rings. The van der Waals surface area contributed by atoms with Crippen molar-refractivity contribution in [3.05, 3.63) is 0 Å². The van der Waals surface area contributed by atoms with Crippen LogP contribution in [0.4, 0.5) is 0 Å². The van der Waals surface area contributed by atoms with Crippen molar-refractivity contribution in [2.75, 3.05) is 18.1 Å². The smallest absolute Gasteiger partial charge is 0.303 e. The first-order chi connectivity index (χ1) is 7.20. The highest BCUT2D eigenvalue weighted by atomic mass is 32.2. The topological polar surface area (TPSA) is 46.5 Å². The summed E-state index contributed by atoms with van der Waals surface area (Å²) in [7, 11) is 0. The molecule has 2 atom stereocenters. The van der Waals surface area contributed by atoms with E-state index in [4.69, 9.17) is 9.84 Å². The Hall–Kier alpha value is -0.220. The lowest BCUT2D eigenvalue weighted by Crippen LogP contribution is -2.39. The van der Waals surface area contributed by atoms with E-state index < -0.39 is 5.97 Å². The van der Waals surface area contributed by atoms with Crippen LogP contribution in [0, 0.1) is 5.92 Å². The van der Waals surface area contributed by atoms with E-state index in [2.05, 4.69) is 0 Å². The van der Waals surface area contributed by atoms with E-state index in [9.17, 15) is 4.79 Å². The molecule has 0 amide bonds. The molecule has 86 valence electrons. The van der Waals surface area contributed by atoms with Crippen LogP contribution in [0.5, 0.6) is 0 Å². The molecule has 1 N–H and O–H groups in total. The minimum Gasteiger partial charge on any atom is -0.481 e. The van der Waals surface area contributed by atoms with E-state index in [-0.39, 0.29) is 5.60 Å². The molecular formula is C11H18O3S. The molecule has 2 unspecified atom stereocenters. The summed E-state index contributed by atoms with van der Waals surface area (Å²) in [5.74, 6) is 2.20. The SMILES string of the molecule is O=C(O)CCC1CCOC2(CCSC2)C1. The minimum atomic E-state index is -0.670. The van der Waals surface area contributed by atoms with Gasteiger partial charge in [-0.3, -0.25) is 4.79 Å². The highest BCUT2D eigenvalue weighted by Gasteiger charge is 2.40. The van der Waals surface area contributed by atoms with Gasteiger partial charge in [0.1, 0.15) is 0 Å². The summed E-state index contributed by atoms with van der Waals surface area (Å²) in [6, 6.07) is 0. The summed E-state index contributed by atoms with van der Waals surface area (Å²) in [5, 5.41) is 8.67. The van der Waals surface area contributed by atoms with E-state index >= 15 is 0 Å². The van der Waals surface area contributed by atoms with Gasteiger partial charge in [0, 0.05) is 18.8 Å². The predicted molar refractivity (Wildman–Crippen MR) is 60.2 cm³/mol. The van der Waals surface area contributed by atoms with Crippen molar-refractivity contribution in [3.63, 3.8) is 0 Å². The van der Waals surface area contributed by atoms with E-state index in [0.717, 1.165) is 38.0 Å². The second-order valence-corrected chi connectivity index (χ2v) is 5.73. The van der Waals surface area contributed by atoms with Crippen LogP contribution in [-0.4, -0.2) is 34.8 Å². The Balaban J connectivity index is 1.84. The molecule has 2 saturated heterocycles. The summed E-state index contributed by atoms with van der Waals surface area (Å²) in [5.41, 5.74) is 0.103. The van der Waals surface area contributed by atoms with Crippen molar-refractivity contribution in [1.82, 2.24) is 0 Å². The molecule has 0 aromatic heterocycles. The fraction of sp³-hybridized carbons (Fsp3) is 0.909. The van der Waals surface area contributed by atoms with Gasteiger partial charge < -0.3 is 9.84 Å². The van der Waals surface area contributed by atoms with Gasteiger partial charge in [-0.05, 0) is 37.4 Å². The molecule has 2 rings (SSSR count). The van der Waals surface area contributed by atoms with Crippen LogP contribution >= 0.6 is 11.8 Å². The fourth-order valence-corrected chi connectivity index (χ4v) is 3.94. The lowest BCUT2D eigenvalue weighted by molar-refractivity contribution is -0.138. The number of carbonyl (C=O) groups is 1. The molecular weight excluding hydrogens is 212 g/mol. The van der Waals surface area contributed by atoms with Gasteiger partial charge in [0.15, 0.2) is 0 Å². The van der Waals surface area contributed by atoms with Crippen LogP contribution < -0.4 is 0 Å². The molecule has 2 aliphatic heterocycles. The summed E-state index contributed by atoms with van der Waals surface area (Å²) in [4.78, 5) is 10.5. The molecule has 2 aliphatic rings. The van der Waals surface area contributed by atoms with Gasteiger partial charge in [-0.2, -0.15) is 11.8 Å². The first-order valence-corrected chi connectivity index (χ1v) is 6.79. The van der Waals surface area contributed by atoms with E-state index in [1.807, 2.05) is 11.8 Å². The van der Waals surface area contributed by atoms with Gasteiger partial charge in [-0.25, -0.2) is 0 Å². The van der Waals surface area contributed by atoms with Crippen LogP contribution in [0.2, 0.25) is 0 Å². The van der Waals surface area contributed by atoms with Gasteiger partial charge in [0.2, 0.25) is 0 Å². The molecule has 0 aliphatic carbocycles. The van der Waals surface area contributed by atoms with Crippen LogP contribution in [0.25, 0.3) is 0 Å². The molecule has 1 spiro atoms. The zero-order valence-electron chi connectivity index (χ0n) is 8.91. The first kappa shape index (κ1) is 11.3. The maximum absolute atomic E-state index is 10.5. The predicted octanol–water partition coefficient (Wildman–Crippen LogP) is 2.15. The van der Waals surface area contributed by atoms with Crippen LogP contribution in [-0.2, 0) is 9.53 Å². The number of thioether (sulfide) groups is 1. The van der Waals surface area contributed by atoms with Crippen molar-refractivity contribution in [2.45, 2.75) is 37.7 Å². The zero-order valence-corrected chi connectivity index (χ0v) is 9.72. The maximum atomic E-state index is 10.5. The first-order valence-electron chi connectivity index (χ1n) is 5.64. The number of hydrogen-bond acceptors (Lipinski definition) is 3. The fourth-order valence-electron chi connectivity index (χ4n) is 2.57. The molecule has 15 heavy (non-hydrogen) atoms. The molecule has 0 radical (unpaired) electrons. The maximum Gasteiger partial charge on any atom is 0.303 e. The monoisotopic (exact) mass is 230 g/mol. The summed E-state index contributed by atoms with van der Waals surface area (Å²) < 4.78 is 5.90. The van der Waals surface area contributed by atoms with Crippen LogP contribution in [0.1, 0.15) is 32.1 Å². The zero-order chi connectivity index (χ0) is 10.7. The summed E-state index contributed by atoms with van der Waals surface area (Å²) in [6.07, 6.45) is 4.41. The summed E-state index contributed by atoms with van der Waals surface area (Å²) >= 11 is 1.96. The van der Waals surface area contributed by atoms with Gasteiger partial charge in [-0.15, -0.1) is 0 Å². The van der Waals surface area contributed by atoms with Crippen molar-refractivity contribution < 1.29 is 14.6 Å². The van der Waals surface area contributed by atoms with Gasteiger partial charge in [0.05, 0.1) is 5.60 Å². The highest BCUT2D eigenvalue weighted by Crippen LogP contribution is 2.41. The Morgan fingerprint density at radius 1 is 1.60 bits per heavy atom. The summed E-state index contributed by atoms with van der Waals surface area (Å²) in [6.45, 7) is 0.824. The Labute approximate surface area is 94.6 Å². The van der Waals surface area contributed by atoms with Gasteiger partial charge >= 0.3 is 5.97 Å². The molecule has 0 bridgehead atoms. The number of rotatable bonds is 3. The second-order valence-electron chi connectivity index (χ2n) is 4.63. The van der Waals surface area contributed by atoms with Crippen molar-refractivity contribution in [2.24, 2.45) is 5.92 Å². The Kier molecular flexibility index (Phi) is 3.57. The average Bonchev–Trinajstić information content (AvgIpc) is 2.63. The van der Waals surface area contributed by atoms with Crippen LogP contribution in [0.15, 0.2) is 0 Å². The molecule has 0 saturated carbocycles. The largest absolute Gasteiger partial charge is 0.481 e. The van der Waals surface area contributed by atoms with Crippen LogP contribution in [0.3, 0.4) is 0 Å². The van der Waals surface area contributed by atoms with Crippen molar-refractivity contribution >= 4 is 17.7 Å². The lowest BCUT2D eigenvalue weighted by atomic mass is 9.83. The third-order valence-electron chi connectivity index (χ3n) is 3.43. The average molecular weight is 230 g/mol. The Bertz CT molecular complexity index is 236. The molecule has 2 fully saturated rings. The van der Waals surface area contributed by atoms with E-state index in [1.54, 1.807) is 0 Å². The molecule has 4 heteroatoms. The molecule has 0 aromatic carbocycles. The third-order valence-corrected chi connectivity index (χ3v) is 4.65. The standard InChI is InChI=1S/C11H18O3S/c12-10(13)2-1-9-3-5-14-11(7-9)4-6-15-8-11/h9H,1-8H2,(H,12,13). The number of aliphatic carboxylic acids is 1. The van der Waals surface area contributed by atoms with Gasteiger partial charge in [0.25, 0.3) is 0 Å². The molecule has 3 nitrogen and oxygen atoms in total. The Morgan fingerprint density at radius 2 is 2.47 bits per heavy atom. The van der Waals surface area contributed by atoms with E-state index in [0.29, 0.717) is 12.3 Å². The van der Waals surface area contributed by atoms with Crippen molar-refractivity contribution in [1.29, 1.82) is 0 Å². The lowest BCUT2D eigenvalue weighted by Gasteiger charge is -2.37. The number of carboxylic acids is 1. The number of carboxylic acid groups (broad SMARTS) is 1. The van der Waals surface area contributed by atoms with E-state index in [1.165, 1.54) is 5.75 Å². The highest BCUT2D eigenvalue weighted by molar-refractivity contribution is 7.99. The number of ether oxygens (including phenoxy) is 1. The van der Waals surface area contributed by atoms with Crippen molar-refractivity contribution in [3.8, 4) is 0 Å². The number of hydrogen-bond donors (Lipinski definition) is 1. The molecule has 2 heterocycles. The third kappa shape index (κ3) is 2.88. The normalized spacial score (nSPS) is 35.9. The quantitative estimate of drug-likeness (QED) is 0.807. The second kappa shape index (κ2) is 4.74.